The van der Waals surface area contributed by atoms with Crippen molar-refractivity contribution in [2.24, 2.45) is 0 Å². The average Bonchev–Trinajstić information content (AvgIpc) is 2.99. The molecule has 3 nitrogen and oxygen atoms in total. The zero-order chi connectivity index (χ0) is 9.80. The van der Waals surface area contributed by atoms with Crippen LogP contribution in [0.5, 0.6) is 0 Å². The topological polar surface area (TPSA) is 31.0 Å². The van der Waals surface area contributed by atoms with Crippen molar-refractivity contribution in [2.45, 2.75) is 12.2 Å². The van der Waals surface area contributed by atoms with Gasteiger partial charge in [-0.05, 0) is 5.56 Å². The lowest BCUT2D eigenvalue weighted by atomic mass is 10.1. The lowest BCUT2D eigenvalue weighted by Gasteiger charge is -1.98. The lowest BCUT2D eigenvalue weighted by molar-refractivity contribution is -0.0351. The molecule has 0 radical (unpaired) electrons. The SMILES string of the molecule is COCOC[C@@H]1O[C@H]1c1ccccc1. The van der Waals surface area contributed by atoms with E-state index in [1.807, 2.05) is 18.2 Å². The Balaban J connectivity index is 1.76. The Morgan fingerprint density at radius 1 is 1.29 bits per heavy atom. The molecule has 0 aliphatic carbocycles. The van der Waals surface area contributed by atoms with E-state index >= 15 is 0 Å². The number of rotatable bonds is 5. The van der Waals surface area contributed by atoms with E-state index in [0.29, 0.717) is 13.4 Å². The van der Waals surface area contributed by atoms with Crippen LogP contribution in [-0.4, -0.2) is 26.6 Å². The Labute approximate surface area is 83.6 Å². The van der Waals surface area contributed by atoms with Crippen molar-refractivity contribution in [1.82, 2.24) is 0 Å². The number of epoxide rings is 1. The lowest BCUT2D eigenvalue weighted by Crippen LogP contribution is -2.04. The third-order valence-corrected chi connectivity index (χ3v) is 2.19. The first-order valence-corrected chi connectivity index (χ1v) is 4.69. The van der Waals surface area contributed by atoms with Crippen LogP contribution in [0.25, 0.3) is 0 Å². The van der Waals surface area contributed by atoms with Gasteiger partial charge >= 0.3 is 0 Å². The van der Waals surface area contributed by atoms with Crippen LogP contribution in [0.2, 0.25) is 0 Å². The zero-order valence-corrected chi connectivity index (χ0v) is 8.18. The summed E-state index contributed by atoms with van der Waals surface area (Å²) in [6.07, 6.45) is 0.417. The van der Waals surface area contributed by atoms with Gasteiger partial charge in [-0.25, -0.2) is 0 Å². The second-order valence-electron chi connectivity index (χ2n) is 3.28. The van der Waals surface area contributed by atoms with E-state index in [9.17, 15) is 0 Å². The Morgan fingerprint density at radius 3 is 2.79 bits per heavy atom. The van der Waals surface area contributed by atoms with Crippen molar-refractivity contribution >= 4 is 0 Å². The van der Waals surface area contributed by atoms with Gasteiger partial charge in [0.25, 0.3) is 0 Å². The van der Waals surface area contributed by atoms with E-state index in [1.165, 1.54) is 5.56 Å². The Hall–Kier alpha value is -0.900. The van der Waals surface area contributed by atoms with Crippen LogP contribution >= 0.6 is 0 Å². The van der Waals surface area contributed by atoms with Gasteiger partial charge in [0.2, 0.25) is 0 Å². The number of hydrogen-bond donors (Lipinski definition) is 0. The number of benzene rings is 1. The molecule has 0 N–H and O–H groups in total. The normalized spacial score (nSPS) is 24.9. The van der Waals surface area contributed by atoms with Crippen LogP contribution in [0.1, 0.15) is 11.7 Å². The van der Waals surface area contributed by atoms with Gasteiger partial charge in [0, 0.05) is 7.11 Å². The molecule has 1 heterocycles. The van der Waals surface area contributed by atoms with E-state index in [2.05, 4.69) is 12.1 Å². The van der Waals surface area contributed by atoms with E-state index < -0.39 is 0 Å². The molecule has 76 valence electrons. The fourth-order valence-electron chi connectivity index (χ4n) is 1.45. The van der Waals surface area contributed by atoms with Crippen LogP contribution in [0.15, 0.2) is 30.3 Å². The first kappa shape index (κ1) is 9.65. The van der Waals surface area contributed by atoms with E-state index in [1.54, 1.807) is 7.11 Å². The highest BCUT2D eigenvalue weighted by atomic mass is 16.7. The molecule has 1 aromatic carbocycles. The maximum absolute atomic E-state index is 5.47. The Kier molecular flexibility index (Phi) is 3.14. The Bertz CT molecular complexity index is 273. The molecule has 3 heteroatoms. The largest absolute Gasteiger partial charge is 0.362 e. The number of ether oxygens (including phenoxy) is 3. The predicted octanol–water partition coefficient (Wildman–Crippen LogP) is 1.75. The molecule has 14 heavy (non-hydrogen) atoms. The third kappa shape index (κ3) is 2.32. The minimum Gasteiger partial charge on any atom is -0.362 e. The van der Waals surface area contributed by atoms with Crippen LogP contribution in [0, 0.1) is 0 Å². The third-order valence-electron chi connectivity index (χ3n) is 2.19. The minimum atomic E-state index is 0.201. The molecule has 1 aromatic rings. The quantitative estimate of drug-likeness (QED) is 0.406. The highest BCUT2D eigenvalue weighted by Gasteiger charge is 2.39. The van der Waals surface area contributed by atoms with Crippen molar-refractivity contribution in [2.75, 3.05) is 20.5 Å². The molecular weight excluding hydrogens is 180 g/mol. The van der Waals surface area contributed by atoms with Crippen molar-refractivity contribution in [3.05, 3.63) is 35.9 Å². The molecule has 1 aliphatic rings. The van der Waals surface area contributed by atoms with Crippen LogP contribution in [0.4, 0.5) is 0 Å². The Morgan fingerprint density at radius 2 is 2.07 bits per heavy atom. The molecule has 0 unspecified atom stereocenters. The molecule has 2 atom stereocenters. The van der Waals surface area contributed by atoms with Crippen LogP contribution < -0.4 is 0 Å². The first-order valence-electron chi connectivity index (χ1n) is 4.69. The maximum Gasteiger partial charge on any atom is 0.146 e. The van der Waals surface area contributed by atoms with Gasteiger partial charge in [-0.1, -0.05) is 30.3 Å². The number of hydrogen-bond acceptors (Lipinski definition) is 3. The fraction of sp³-hybridized carbons (Fsp3) is 0.455. The van der Waals surface area contributed by atoms with Gasteiger partial charge in [0.15, 0.2) is 0 Å². The summed E-state index contributed by atoms with van der Waals surface area (Å²) in [5.41, 5.74) is 1.22. The molecule has 0 spiro atoms. The fourth-order valence-corrected chi connectivity index (χ4v) is 1.45. The first-order chi connectivity index (χ1) is 6.92. The monoisotopic (exact) mass is 194 g/mol. The maximum atomic E-state index is 5.47. The molecule has 1 saturated heterocycles. The standard InChI is InChI=1S/C11H14O3/c1-12-8-13-7-10-11(14-10)9-5-3-2-4-6-9/h2-6,10-11H,7-8H2,1H3/t10-,11-/m0/s1. The van der Waals surface area contributed by atoms with Crippen LogP contribution in [0.3, 0.4) is 0 Å². The van der Waals surface area contributed by atoms with Crippen molar-refractivity contribution in [3.63, 3.8) is 0 Å². The summed E-state index contributed by atoms with van der Waals surface area (Å²) in [5, 5.41) is 0. The summed E-state index contributed by atoms with van der Waals surface area (Å²) in [4.78, 5) is 0. The zero-order valence-electron chi connectivity index (χ0n) is 8.18. The summed E-state index contributed by atoms with van der Waals surface area (Å²) in [7, 11) is 1.61. The van der Waals surface area contributed by atoms with Gasteiger partial charge in [-0.15, -0.1) is 0 Å². The van der Waals surface area contributed by atoms with E-state index in [4.69, 9.17) is 14.2 Å². The smallest absolute Gasteiger partial charge is 0.146 e. The summed E-state index contributed by atoms with van der Waals surface area (Å²) in [5.74, 6) is 0. The van der Waals surface area contributed by atoms with Crippen molar-refractivity contribution < 1.29 is 14.2 Å². The van der Waals surface area contributed by atoms with Gasteiger partial charge in [0.1, 0.15) is 19.0 Å². The predicted molar refractivity (Wildman–Crippen MR) is 51.9 cm³/mol. The van der Waals surface area contributed by atoms with Gasteiger partial charge < -0.3 is 14.2 Å². The molecule has 0 saturated carbocycles. The molecule has 2 rings (SSSR count). The molecular formula is C11H14O3. The van der Waals surface area contributed by atoms with Crippen LogP contribution in [-0.2, 0) is 14.2 Å². The molecule has 0 amide bonds. The van der Waals surface area contributed by atoms with Gasteiger partial charge in [-0.2, -0.15) is 0 Å². The second kappa shape index (κ2) is 4.55. The van der Waals surface area contributed by atoms with Gasteiger partial charge in [0.05, 0.1) is 6.61 Å². The summed E-state index contributed by atoms with van der Waals surface area (Å²) >= 11 is 0. The molecule has 0 bridgehead atoms. The molecule has 0 aromatic heterocycles. The minimum absolute atomic E-state index is 0.201. The van der Waals surface area contributed by atoms with E-state index in [-0.39, 0.29) is 12.2 Å². The van der Waals surface area contributed by atoms with Crippen molar-refractivity contribution in [3.8, 4) is 0 Å². The highest BCUT2D eigenvalue weighted by Crippen LogP contribution is 2.38. The average molecular weight is 194 g/mol. The van der Waals surface area contributed by atoms with Crippen molar-refractivity contribution in [1.29, 1.82) is 0 Å². The number of methoxy groups -OCH3 is 1. The molecule has 1 aliphatic heterocycles. The summed E-state index contributed by atoms with van der Waals surface area (Å²) < 4.78 is 15.5. The van der Waals surface area contributed by atoms with Gasteiger partial charge in [-0.3, -0.25) is 0 Å². The highest BCUT2D eigenvalue weighted by molar-refractivity contribution is 5.22. The summed E-state index contributed by atoms with van der Waals surface area (Å²) in [6.45, 7) is 0.939. The summed E-state index contributed by atoms with van der Waals surface area (Å²) in [6, 6.07) is 10.2. The van der Waals surface area contributed by atoms with E-state index in [0.717, 1.165) is 0 Å². The second-order valence-corrected chi connectivity index (χ2v) is 3.28. The molecule has 1 fully saturated rings.